The van der Waals surface area contributed by atoms with Gasteiger partial charge in [0.1, 0.15) is 6.10 Å². The number of nitrogens with one attached hydrogen (secondary N) is 2. The molecular formula is C37H60N2O3S. The molecule has 0 radical (unpaired) electrons. The van der Waals surface area contributed by atoms with Crippen molar-refractivity contribution in [3.05, 3.63) is 11.6 Å². The van der Waals surface area contributed by atoms with Crippen molar-refractivity contribution in [1.29, 1.82) is 0 Å². The van der Waals surface area contributed by atoms with E-state index in [4.69, 9.17) is 4.74 Å². The molecule has 2 N–H and O–H groups in total. The Morgan fingerprint density at radius 1 is 1.02 bits per heavy atom. The van der Waals surface area contributed by atoms with Gasteiger partial charge < -0.3 is 15.4 Å². The lowest BCUT2D eigenvalue weighted by Crippen LogP contribution is -2.51. The molecule has 0 spiro atoms. The molecule has 6 heteroatoms. The summed E-state index contributed by atoms with van der Waals surface area (Å²) in [6.45, 7) is 12.6. The van der Waals surface area contributed by atoms with Crippen molar-refractivity contribution < 1.29 is 14.3 Å². The van der Waals surface area contributed by atoms with Crippen LogP contribution in [0.3, 0.4) is 0 Å². The Hall–Kier alpha value is -1.17. The second-order valence-corrected chi connectivity index (χ2v) is 17.8. The first-order chi connectivity index (χ1) is 20.6. The van der Waals surface area contributed by atoms with Crippen LogP contribution < -0.4 is 10.6 Å². The highest BCUT2D eigenvalue weighted by Crippen LogP contribution is 2.67. The fraction of sp³-hybridized carbons (Fsp3) is 0.892. The zero-order valence-electron chi connectivity index (χ0n) is 27.8. The number of fused-ring (bicyclic) bond motifs is 6. The Balaban J connectivity index is 0.979. The number of hydrogen-bond donors (Lipinski definition) is 2. The van der Waals surface area contributed by atoms with Crippen LogP contribution in [0.4, 0.5) is 4.79 Å². The molecule has 2 amide bonds. The van der Waals surface area contributed by atoms with Crippen molar-refractivity contribution in [1.82, 2.24) is 10.6 Å². The van der Waals surface area contributed by atoms with Gasteiger partial charge in [0.2, 0.25) is 0 Å². The van der Waals surface area contributed by atoms with E-state index in [0.717, 1.165) is 73.4 Å². The van der Waals surface area contributed by atoms with Gasteiger partial charge in [-0.1, -0.05) is 72.0 Å². The minimum Gasteiger partial charge on any atom is -0.462 e. The monoisotopic (exact) mass is 612 g/mol. The first-order valence-corrected chi connectivity index (χ1v) is 19.2. The standard InChI is InChI=1S/C37H60N2O3S/c1-23(2)9-8-10-24(3)28-15-16-29-27-14-13-25-21-26(17-19-36(25,4)30(27)18-20-37(28,29)5)42-33(40)12-7-6-11-32-34-31(22-43-32)38-35(41)39-34/h13,23-24,26-32,34H,6-12,14-22H2,1-5H3,(H2,38,39,41)/t24-,26+,27+,28-,29+,30+,31+,32?,34+,36+,37-/m1/s1. The maximum absolute atomic E-state index is 12.8. The summed E-state index contributed by atoms with van der Waals surface area (Å²) < 4.78 is 6.10. The lowest BCUT2D eigenvalue weighted by Gasteiger charge is -2.58. The first-order valence-electron chi connectivity index (χ1n) is 18.2. The number of unbranched alkanes of at least 4 members (excludes halogenated alkanes) is 1. The number of carbonyl (C=O) groups is 2. The molecular weight excluding hydrogens is 552 g/mol. The SMILES string of the molecule is CC(C)CCC[C@@H](C)[C@H]1CC[C@H]2[C@@H]3CC=C4C[C@@H](OC(=O)CCCCC5SC[C@@H]6NC(=O)N[C@H]56)CC[C@]4(C)[C@H]3CC[C@]12C. The highest BCUT2D eigenvalue weighted by atomic mass is 32.2. The van der Waals surface area contributed by atoms with Crippen LogP contribution in [0.2, 0.25) is 0 Å². The van der Waals surface area contributed by atoms with E-state index in [1.165, 1.54) is 57.8 Å². The van der Waals surface area contributed by atoms with Crippen LogP contribution in [0.5, 0.6) is 0 Å². The first kappa shape index (κ1) is 31.8. The summed E-state index contributed by atoms with van der Waals surface area (Å²) in [6, 6.07) is 0.498. The molecule has 4 aliphatic carbocycles. The average molecular weight is 613 g/mol. The molecule has 5 nitrogen and oxygen atoms in total. The number of amides is 2. The molecule has 11 atom stereocenters. The average Bonchev–Trinajstić information content (AvgIpc) is 3.62. The molecule has 2 saturated heterocycles. The highest BCUT2D eigenvalue weighted by Gasteiger charge is 2.59. The third kappa shape index (κ3) is 6.30. The second kappa shape index (κ2) is 12.9. The van der Waals surface area contributed by atoms with Gasteiger partial charge in [0, 0.05) is 23.8 Å². The molecule has 5 fully saturated rings. The molecule has 6 aliphatic rings. The third-order valence-corrected chi connectivity index (χ3v) is 15.1. The van der Waals surface area contributed by atoms with Gasteiger partial charge in [-0.15, -0.1) is 0 Å². The fourth-order valence-corrected chi connectivity index (χ4v) is 12.8. The summed E-state index contributed by atoms with van der Waals surface area (Å²) >= 11 is 1.95. The minimum absolute atomic E-state index is 0.0105. The lowest BCUT2D eigenvalue weighted by atomic mass is 9.47. The van der Waals surface area contributed by atoms with Crippen LogP contribution in [0.15, 0.2) is 11.6 Å². The van der Waals surface area contributed by atoms with Gasteiger partial charge >= 0.3 is 12.0 Å². The van der Waals surface area contributed by atoms with Gasteiger partial charge in [0.15, 0.2) is 0 Å². The van der Waals surface area contributed by atoms with Crippen LogP contribution >= 0.6 is 11.8 Å². The minimum atomic E-state index is -0.0252. The van der Waals surface area contributed by atoms with Crippen LogP contribution in [-0.4, -0.2) is 41.2 Å². The van der Waals surface area contributed by atoms with E-state index in [9.17, 15) is 9.59 Å². The zero-order valence-corrected chi connectivity index (χ0v) is 28.6. The van der Waals surface area contributed by atoms with Crippen LogP contribution in [0.25, 0.3) is 0 Å². The number of carbonyl (C=O) groups excluding carboxylic acids is 2. The maximum atomic E-state index is 12.8. The Kier molecular flexibility index (Phi) is 9.55. The zero-order chi connectivity index (χ0) is 30.4. The number of hydrogen-bond acceptors (Lipinski definition) is 4. The molecule has 0 aromatic heterocycles. The van der Waals surface area contributed by atoms with E-state index in [1.54, 1.807) is 5.57 Å². The number of rotatable bonds is 11. The largest absolute Gasteiger partial charge is 0.462 e. The molecule has 2 aliphatic heterocycles. The van der Waals surface area contributed by atoms with Crippen LogP contribution in [0.1, 0.15) is 131 Å². The second-order valence-electron chi connectivity index (χ2n) is 16.5. The van der Waals surface area contributed by atoms with Gasteiger partial charge in [0.25, 0.3) is 0 Å². The van der Waals surface area contributed by atoms with E-state index >= 15 is 0 Å². The quantitative estimate of drug-likeness (QED) is 0.106. The number of allylic oxidation sites excluding steroid dienone is 1. The van der Waals surface area contributed by atoms with Gasteiger partial charge in [0.05, 0.1) is 12.1 Å². The van der Waals surface area contributed by atoms with Gasteiger partial charge in [-0.3, -0.25) is 4.79 Å². The van der Waals surface area contributed by atoms with Crippen LogP contribution in [-0.2, 0) is 9.53 Å². The molecule has 0 aromatic rings. The molecule has 242 valence electrons. The van der Waals surface area contributed by atoms with Crippen molar-refractivity contribution in [2.45, 2.75) is 154 Å². The molecule has 43 heavy (non-hydrogen) atoms. The summed E-state index contributed by atoms with van der Waals surface area (Å²) in [4.78, 5) is 24.5. The number of esters is 1. The van der Waals surface area contributed by atoms with Crippen molar-refractivity contribution in [2.75, 3.05) is 5.75 Å². The fourth-order valence-electron chi connectivity index (χ4n) is 11.3. The van der Waals surface area contributed by atoms with Crippen molar-refractivity contribution in [3.8, 4) is 0 Å². The predicted octanol–water partition coefficient (Wildman–Crippen LogP) is 8.67. The van der Waals surface area contributed by atoms with Gasteiger partial charge in [-0.2, -0.15) is 11.8 Å². The molecule has 6 rings (SSSR count). The Morgan fingerprint density at radius 3 is 2.67 bits per heavy atom. The normalized spacial score (nSPS) is 42.3. The van der Waals surface area contributed by atoms with Crippen molar-refractivity contribution >= 4 is 23.8 Å². The van der Waals surface area contributed by atoms with Crippen LogP contribution in [0, 0.1) is 46.3 Å². The third-order valence-electron chi connectivity index (χ3n) is 13.6. The van der Waals surface area contributed by atoms with Gasteiger partial charge in [-0.25, -0.2) is 4.79 Å². The Labute approximate surface area is 266 Å². The predicted molar refractivity (Wildman–Crippen MR) is 177 cm³/mol. The Morgan fingerprint density at radius 2 is 1.86 bits per heavy atom. The molecule has 3 saturated carbocycles. The van der Waals surface area contributed by atoms with E-state index in [1.807, 2.05) is 11.8 Å². The molecule has 0 aromatic carbocycles. The molecule has 1 unspecified atom stereocenters. The number of thioether (sulfide) groups is 1. The summed E-state index contributed by atoms with van der Waals surface area (Å²) in [5.41, 5.74) is 2.44. The summed E-state index contributed by atoms with van der Waals surface area (Å²) in [5, 5.41) is 6.55. The smallest absolute Gasteiger partial charge is 0.315 e. The Bertz CT molecular complexity index is 1060. The van der Waals surface area contributed by atoms with E-state index in [2.05, 4.69) is 51.3 Å². The van der Waals surface area contributed by atoms with E-state index < -0.39 is 0 Å². The molecule has 0 bridgehead atoms. The highest BCUT2D eigenvalue weighted by molar-refractivity contribution is 8.00. The topological polar surface area (TPSA) is 67.4 Å². The lowest BCUT2D eigenvalue weighted by molar-refractivity contribution is -0.151. The van der Waals surface area contributed by atoms with E-state index in [0.29, 0.717) is 22.5 Å². The summed E-state index contributed by atoms with van der Waals surface area (Å²) in [7, 11) is 0. The number of ether oxygens (including phenoxy) is 1. The maximum Gasteiger partial charge on any atom is 0.315 e. The van der Waals surface area contributed by atoms with Gasteiger partial charge in [-0.05, 0) is 104 Å². The van der Waals surface area contributed by atoms with Crippen molar-refractivity contribution in [3.63, 3.8) is 0 Å². The number of urea groups is 1. The van der Waals surface area contributed by atoms with Crippen molar-refractivity contribution in [2.24, 2.45) is 46.3 Å². The molecule has 2 heterocycles. The van der Waals surface area contributed by atoms with E-state index in [-0.39, 0.29) is 30.2 Å². The summed E-state index contributed by atoms with van der Waals surface area (Å²) in [5.74, 6) is 6.13. The summed E-state index contributed by atoms with van der Waals surface area (Å²) in [6.07, 6.45) is 20.5.